The van der Waals surface area contributed by atoms with E-state index in [9.17, 15) is 4.79 Å². The third-order valence-electron chi connectivity index (χ3n) is 4.54. The number of pyridine rings is 1. The van der Waals surface area contributed by atoms with Gasteiger partial charge in [-0.1, -0.05) is 11.7 Å². The molecule has 1 aliphatic heterocycles. The van der Waals surface area contributed by atoms with E-state index in [1.807, 2.05) is 17.2 Å². The molecule has 1 fully saturated rings. The van der Waals surface area contributed by atoms with Gasteiger partial charge in [0, 0.05) is 25.2 Å². The van der Waals surface area contributed by atoms with Crippen LogP contribution in [-0.4, -0.2) is 48.6 Å². The molecule has 0 aliphatic carbocycles. The maximum Gasteiger partial charge on any atom is 0.326 e. The number of rotatable bonds is 4. The van der Waals surface area contributed by atoms with Crippen LogP contribution >= 0.6 is 0 Å². The van der Waals surface area contributed by atoms with E-state index < -0.39 is 0 Å². The molecule has 0 aromatic carbocycles. The first kappa shape index (κ1) is 16.2. The lowest BCUT2D eigenvalue weighted by molar-refractivity contribution is -0.127. The molecule has 26 heavy (non-hydrogen) atoms. The van der Waals surface area contributed by atoms with Crippen LogP contribution in [0.5, 0.6) is 0 Å². The number of carbonyl (C=O) groups excluding carboxylic acids is 1. The van der Waals surface area contributed by atoms with Crippen LogP contribution in [0.25, 0.3) is 5.65 Å². The summed E-state index contributed by atoms with van der Waals surface area (Å²) in [6, 6.07) is 2.31. The highest BCUT2D eigenvalue weighted by molar-refractivity contribution is 5.87. The Labute approximate surface area is 149 Å². The molecule has 0 saturated carbocycles. The summed E-state index contributed by atoms with van der Waals surface area (Å²) in [5.41, 5.74) is 2.47. The first-order chi connectivity index (χ1) is 12.6. The number of hydrogen-bond acceptors (Lipinski definition) is 7. The normalized spacial score (nSPS) is 17.4. The van der Waals surface area contributed by atoms with E-state index in [4.69, 9.17) is 4.52 Å². The third-order valence-corrected chi connectivity index (χ3v) is 4.54. The van der Waals surface area contributed by atoms with Gasteiger partial charge in [0.2, 0.25) is 5.91 Å². The first-order valence-corrected chi connectivity index (χ1v) is 8.46. The lowest BCUT2D eigenvalue weighted by Gasteiger charge is -2.32. The molecule has 4 rings (SSSR count). The highest BCUT2D eigenvalue weighted by Gasteiger charge is 2.25. The Bertz CT molecular complexity index is 961. The molecule has 1 N–H and O–H groups in total. The summed E-state index contributed by atoms with van der Waals surface area (Å²) in [6.07, 6.45) is 6.77. The fourth-order valence-electron chi connectivity index (χ4n) is 3.30. The minimum atomic E-state index is -0.0313. The Kier molecular flexibility index (Phi) is 4.11. The van der Waals surface area contributed by atoms with E-state index in [0.717, 1.165) is 30.6 Å². The van der Waals surface area contributed by atoms with Crippen LogP contribution < -0.4 is 5.32 Å². The number of fused-ring (bicyclic) bond motifs is 1. The maximum absolute atomic E-state index is 12.0. The summed E-state index contributed by atoms with van der Waals surface area (Å²) in [4.78, 5) is 22.3. The molecule has 9 nitrogen and oxygen atoms in total. The van der Waals surface area contributed by atoms with Crippen molar-refractivity contribution in [1.82, 2.24) is 29.6 Å². The number of aryl methyl sites for hydroxylation is 1. The molecule has 134 valence electrons. The number of hydrogen-bond donors (Lipinski definition) is 1. The Hall–Kier alpha value is -3.23. The van der Waals surface area contributed by atoms with Crippen LogP contribution in [-0.2, 0) is 4.79 Å². The number of carbonyl (C=O) groups is 1. The zero-order valence-corrected chi connectivity index (χ0v) is 14.4. The molecule has 1 unspecified atom stereocenters. The van der Waals surface area contributed by atoms with Gasteiger partial charge in [-0.15, -0.1) is 0 Å². The second-order valence-corrected chi connectivity index (χ2v) is 6.31. The molecule has 1 aliphatic rings. The topological polar surface area (TPSA) is 101 Å². The molecular weight excluding hydrogens is 334 g/mol. The Balaban J connectivity index is 1.67. The highest BCUT2D eigenvalue weighted by atomic mass is 16.5. The summed E-state index contributed by atoms with van der Waals surface area (Å²) in [6.45, 7) is 6.76. The minimum absolute atomic E-state index is 0.0313. The van der Waals surface area contributed by atoms with Gasteiger partial charge in [0.15, 0.2) is 11.5 Å². The first-order valence-electron chi connectivity index (χ1n) is 8.46. The molecule has 3 aromatic rings. The Morgan fingerprint density at radius 3 is 3.15 bits per heavy atom. The molecule has 1 atom stereocenters. The summed E-state index contributed by atoms with van der Waals surface area (Å²) < 4.78 is 6.87. The van der Waals surface area contributed by atoms with Crippen molar-refractivity contribution in [2.24, 2.45) is 0 Å². The molecule has 9 heteroatoms. The van der Waals surface area contributed by atoms with E-state index in [1.54, 1.807) is 11.4 Å². The average Bonchev–Trinajstić information content (AvgIpc) is 3.30. The summed E-state index contributed by atoms with van der Waals surface area (Å²) in [5.74, 6) is 0.731. The smallest absolute Gasteiger partial charge is 0.326 e. The SMILES string of the molecule is C=CC(=O)N1CCCC(c2cc(Nc3nc(C)no3)c3ncnn3c2)C1. The fraction of sp³-hybridized carbons (Fsp3) is 0.353. The van der Waals surface area contributed by atoms with Crippen molar-refractivity contribution in [1.29, 1.82) is 0 Å². The zero-order chi connectivity index (χ0) is 18.1. The molecule has 4 heterocycles. The van der Waals surface area contributed by atoms with Crippen molar-refractivity contribution >= 4 is 23.3 Å². The van der Waals surface area contributed by atoms with Gasteiger partial charge in [-0.2, -0.15) is 10.1 Å². The third kappa shape index (κ3) is 3.03. The lowest BCUT2D eigenvalue weighted by atomic mass is 9.91. The van der Waals surface area contributed by atoms with Crippen molar-refractivity contribution < 1.29 is 9.32 Å². The minimum Gasteiger partial charge on any atom is -0.339 e. The van der Waals surface area contributed by atoms with Crippen molar-refractivity contribution in [3.63, 3.8) is 0 Å². The van der Waals surface area contributed by atoms with Crippen LogP contribution in [0.3, 0.4) is 0 Å². The predicted octanol–water partition coefficient (Wildman–Crippen LogP) is 2.06. The quantitative estimate of drug-likeness (QED) is 0.716. The van der Waals surface area contributed by atoms with Crippen molar-refractivity contribution in [2.75, 3.05) is 18.4 Å². The molecule has 0 bridgehead atoms. The van der Waals surface area contributed by atoms with Crippen molar-refractivity contribution in [2.45, 2.75) is 25.7 Å². The van der Waals surface area contributed by atoms with E-state index in [2.05, 4.69) is 32.1 Å². The highest BCUT2D eigenvalue weighted by Crippen LogP contribution is 2.30. The predicted molar refractivity (Wildman–Crippen MR) is 94.1 cm³/mol. The van der Waals surface area contributed by atoms with Gasteiger partial charge >= 0.3 is 6.01 Å². The van der Waals surface area contributed by atoms with Gasteiger partial charge in [-0.3, -0.25) is 4.79 Å². The van der Waals surface area contributed by atoms with Gasteiger partial charge in [-0.05, 0) is 37.5 Å². The van der Waals surface area contributed by atoms with Crippen LogP contribution in [0.2, 0.25) is 0 Å². The standard InChI is InChI=1S/C17H19N7O2/c1-3-15(25)23-6-4-5-12(8-23)13-7-14(16-18-10-19-24(16)9-13)21-17-20-11(2)22-26-17/h3,7,9-10,12H,1,4-6,8H2,2H3,(H,20,21,22). The molecule has 1 saturated heterocycles. The number of anilines is 2. The average molecular weight is 353 g/mol. The monoisotopic (exact) mass is 353 g/mol. The van der Waals surface area contributed by atoms with Gasteiger partial charge < -0.3 is 14.7 Å². The largest absolute Gasteiger partial charge is 0.339 e. The van der Waals surface area contributed by atoms with Gasteiger partial charge in [0.25, 0.3) is 0 Å². The number of nitrogens with one attached hydrogen (secondary N) is 1. The van der Waals surface area contributed by atoms with Gasteiger partial charge in [-0.25, -0.2) is 9.50 Å². The fourth-order valence-corrected chi connectivity index (χ4v) is 3.30. The van der Waals surface area contributed by atoms with Crippen LogP contribution in [0.15, 0.2) is 35.8 Å². The van der Waals surface area contributed by atoms with E-state index >= 15 is 0 Å². The second kappa shape index (κ2) is 6.58. The molecule has 1 amide bonds. The van der Waals surface area contributed by atoms with Crippen molar-refractivity contribution in [3.05, 3.63) is 42.6 Å². The molecule has 0 spiro atoms. The van der Waals surface area contributed by atoms with Crippen LogP contribution in [0, 0.1) is 6.92 Å². The van der Waals surface area contributed by atoms with Gasteiger partial charge in [0.05, 0.1) is 5.69 Å². The van der Waals surface area contributed by atoms with Crippen molar-refractivity contribution in [3.8, 4) is 0 Å². The number of likely N-dealkylation sites (tertiary alicyclic amines) is 1. The number of amides is 1. The lowest BCUT2D eigenvalue weighted by Crippen LogP contribution is -2.38. The van der Waals surface area contributed by atoms with Gasteiger partial charge in [0.1, 0.15) is 6.33 Å². The molecule has 0 radical (unpaired) electrons. The summed E-state index contributed by atoms with van der Waals surface area (Å²) in [5, 5.41) is 11.2. The van der Waals surface area contributed by atoms with E-state index in [-0.39, 0.29) is 11.8 Å². The Morgan fingerprint density at radius 2 is 2.38 bits per heavy atom. The van der Waals surface area contributed by atoms with E-state index in [0.29, 0.717) is 24.0 Å². The Morgan fingerprint density at radius 1 is 1.50 bits per heavy atom. The maximum atomic E-state index is 12.0. The number of nitrogens with zero attached hydrogens (tertiary/aromatic N) is 6. The van der Waals surface area contributed by atoms with E-state index in [1.165, 1.54) is 12.4 Å². The summed E-state index contributed by atoms with van der Waals surface area (Å²) in [7, 11) is 0. The van der Waals surface area contributed by atoms with Crippen LogP contribution in [0.4, 0.5) is 11.7 Å². The van der Waals surface area contributed by atoms with Crippen LogP contribution in [0.1, 0.15) is 30.1 Å². The summed E-state index contributed by atoms with van der Waals surface area (Å²) >= 11 is 0. The molecular formula is C17H19N7O2. The zero-order valence-electron chi connectivity index (χ0n) is 14.4. The number of piperidine rings is 1. The number of aromatic nitrogens is 5. The second-order valence-electron chi connectivity index (χ2n) is 6.31. The molecule has 3 aromatic heterocycles.